The first-order valence-electron chi connectivity index (χ1n) is 14.2. The lowest BCUT2D eigenvalue weighted by Gasteiger charge is -2.71. The number of hydrogen-bond acceptors (Lipinski definition) is 2. The van der Waals surface area contributed by atoms with Gasteiger partial charge in [0.25, 0.3) is 0 Å². The van der Waals surface area contributed by atoms with Gasteiger partial charge in [0.1, 0.15) is 5.78 Å². The van der Waals surface area contributed by atoms with Crippen molar-refractivity contribution in [2.24, 2.45) is 56.7 Å². The molecule has 3 unspecified atom stereocenters. The highest BCUT2D eigenvalue weighted by Gasteiger charge is 2.69. The van der Waals surface area contributed by atoms with E-state index < -0.39 is 0 Å². The molecule has 0 aromatic carbocycles. The maximum Gasteiger partial charge on any atom is 0.136 e. The smallest absolute Gasteiger partial charge is 0.136 e. The number of aliphatic hydroxyl groups excluding tert-OH is 1. The first-order chi connectivity index (χ1) is 15.3. The van der Waals surface area contributed by atoms with E-state index in [0.717, 1.165) is 25.7 Å². The van der Waals surface area contributed by atoms with Gasteiger partial charge in [-0.05, 0) is 116 Å². The lowest BCUT2D eigenvalue weighted by molar-refractivity contribution is -0.204. The Hall–Kier alpha value is -0.630. The third-order valence-electron chi connectivity index (χ3n) is 13.7. The number of carbonyl (C=O) groups excluding carboxylic acids is 1. The SMILES string of the molecule is CC(=O)[C@]12CC[C@@H](C)[C@H](C)C1C1=CCC3[C@@]4(C)CC[C@H](O)C(C)(C)C4CC[C@@]3(C)[C@]1(C)CC2. The van der Waals surface area contributed by atoms with Gasteiger partial charge in [0, 0.05) is 5.41 Å². The van der Waals surface area contributed by atoms with Crippen molar-refractivity contribution in [1.82, 2.24) is 0 Å². The molecule has 5 aliphatic carbocycles. The van der Waals surface area contributed by atoms with Crippen LogP contribution < -0.4 is 0 Å². The Morgan fingerprint density at radius 1 is 0.909 bits per heavy atom. The quantitative estimate of drug-likeness (QED) is 0.414. The number of aliphatic hydroxyl groups is 1. The molecule has 4 saturated carbocycles. The van der Waals surface area contributed by atoms with Crippen molar-refractivity contribution in [3.8, 4) is 0 Å². The molecular weight excluding hydrogens is 404 g/mol. The van der Waals surface area contributed by atoms with Crippen LogP contribution in [0.15, 0.2) is 11.6 Å². The average molecular weight is 455 g/mol. The van der Waals surface area contributed by atoms with Crippen LogP contribution in [0.2, 0.25) is 0 Å². The highest BCUT2D eigenvalue weighted by Crippen LogP contribution is 2.75. The molecule has 0 aromatic rings. The maximum atomic E-state index is 13.2. The molecule has 4 fully saturated rings. The summed E-state index contributed by atoms with van der Waals surface area (Å²) < 4.78 is 0. The van der Waals surface area contributed by atoms with Crippen LogP contribution in [0.25, 0.3) is 0 Å². The molecule has 0 spiro atoms. The lowest BCUT2D eigenvalue weighted by atomic mass is 9.33. The van der Waals surface area contributed by atoms with Crippen molar-refractivity contribution in [2.75, 3.05) is 0 Å². The number of rotatable bonds is 1. The van der Waals surface area contributed by atoms with Gasteiger partial charge in [0.2, 0.25) is 0 Å². The summed E-state index contributed by atoms with van der Waals surface area (Å²) in [5, 5.41) is 10.9. The topological polar surface area (TPSA) is 37.3 Å². The third-order valence-corrected chi connectivity index (χ3v) is 13.7. The molecule has 5 aliphatic rings. The number of hydrogen-bond donors (Lipinski definition) is 1. The Bertz CT molecular complexity index is 870. The van der Waals surface area contributed by atoms with E-state index in [2.05, 4.69) is 54.5 Å². The zero-order chi connectivity index (χ0) is 24.2. The van der Waals surface area contributed by atoms with E-state index in [4.69, 9.17) is 0 Å². The molecule has 2 nitrogen and oxygen atoms in total. The number of allylic oxidation sites excluding steroid dienone is 2. The summed E-state index contributed by atoms with van der Waals surface area (Å²) >= 11 is 0. The van der Waals surface area contributed by atoms with Gasteiger partial charge >= 0.3 is 0 Å². The Morgan fingerprint density at radius 3 is 2.27 bits per heavy atom. The molecular formula is C31H50O2. The Balaban J connectivity index is 1.61. The molecule has 0 amide bonds. The number of ketones is 1. The van der Waals surface area contributed by atoms with Crippen molar-refractivity contribution in [3.63, 3.8) is 0 Å². The second-order valence-corrected chi connectivity index (χ2v) is 14.7. The van der Waals surface area contributed by atoms with E-state index in [-0.39, 0.29) is 27.8 Å². The van der Waals surface area contributed by atoms with E-state index in [1.165, 1.54) is 32.1 Å². The number of fused-ring (bicyclic) bond motifs is 7. The molecule has 2 heteroatoms. The molecule has 186 valence electrons. The molecule has 0 bridgehead atoms. The van der Waals surface area contributed by atoms with Crippen molar-refractivity contribution < 1.29 is 9.90 Å². The second kappa shape index (κ2) is 7.21. The van der Waals surface area contributed by atoms with Gasteiger partial charge in [-0.2, -0.15) is 0 Å². The highest BCUT2D eigenvalue weighted by molar-refractivity contribution is 5.84. The zero-order valence-electron chi connectivity index (χ0n) is 22.8. The van der Waals surface area contributed by atoms with Crippen LogP contribution >= 0.6 is 0 Å². The van der Waals surface area contributed by atoms with Gasteiger partial charge in [-0.25, -0.2) is 0 Å². The largest absolute Gasteiger partial charge is 0.393 e. The molecule has 5 rings (SSSR count). The second-order valence-electron chi connectivity index (χ2n) is 14.7. The van der Waals surface area contributed by atoms with E-state index in [1.807, 2.05) is 6.92 Å². The molecule has 1 N–H and O–H groups in total. The fourth-order valence-electron chi connectivity index (χ4n) is 11.1. The van der Waals surface area contributed by atoms with Gasteiger partial charge in [-0.3, -0.25) is 4.79 Å². The predicted molar refractivity (Wildman–Crippen MR) is 136 cm³/mol. The average Bonchev–Trinajstić information content (AvgIpc) is 2.74. The lowest BCUT2D eigenvalue weighted by Crippen LogP contribution is -2.65. The minimum absolute atomic E-state index is 0.00287. The normalized spacial score (nSPS) is 55.4. The van der Waals surface area contributed by atoms with E-state index in [0.29, 0.717) is 40.8 Å². The summed E-state index contributed by atoms with van der Waals surface area (Å²) in [5.41, 5.74) is 2.34. The number of Topliss-reactive ketones (excluding diaryl/α,β-unsaturated/α-hetero) is 1. The minimum Gasteiger partial charge on any atom is -0.393 e. The summed E-state index contributed by atoms with van der Waals surface area (Å²) in [6.45, 7) is 19.3. The Labute approximate surface area is 203 Å². The first kappa shape index (κ1) is 24.1. The van der Waals surface area contributed by atoms with Crippen LogP contribution in [0.1, 0.15) is 113 Å². The van der Waals surface area contributed by atoms with Crippen LogP contribution in [0.4, 0.5) is 0 Å². The van der Waals surface area contributed by atoms with E-state index >= 15 is 0 Å². The van der Waals surface area contributed by atoms with Crippen LogP contribution in [0.5, 0.6) is 0 Å². The monoisotopic (exact) mass is 454 g/mol. The van der Waals surface area contributed by atoms with Gasteiger partial charge in [0.15, 0.2) is 0 Å². The summed E-state index contributed by atoms with van der Waals surface area (Å²) in [4.78, 5) is 13.2. The summed E-state index contributed by atoms with van der Waals surface area (Å²) in [6.07, 6.45) is 12.9. The third kappa shape index (κ3) is 2.80. The van der Waals surface area contributed by atoms with Crippen molar-refractivity contribution >= 4 is 5.78 Å². The fraction of sp³-hybridized carbons (Fsp3) is 0.903. The Kier molecular flexibility index (Phi) is 5.26. The minimum atomic E-state index is -0.166. The van der Waals surface area contributed by atoms with E-state index in [1.54, 1.807) is 5.57 Å². The van der Waals surface area contributed by atoms with Crippen molar-refractivity contribution in [1.29, 1.82) is 0 Å². The fourth-order valence-corrected chi connectivity index (χ4v) is 11.1. The standard InChI is InChI=1S/C31H50O2/c1-19-11-16-31(21(3)32)18-17-29(7)22(26(31)20(19)2)9-10-24-28(6)14-13-25(33)27(4,5)23(28)12-15-30(24,29)8/h9,19-20,23-26,33H,10-18H2,1-8H3/t19-,20+,23?,24?,25+,26?,28+,29-,30-,31-/m1/s1. The van der Waals surface area contributed by atoms with Crippen LogP contribution in [-0.2, 0) is 4.79 Å². The zero-order valence-corrected chi connectivity index (χ0v) is 22.8. The van der Waals surface area contributed by atoms with Gasteiger partial charge in [-0.1, -0.05) is 60.1 Å². The van der Waals surface area contributed by atoms with E-state index in [9.17, 15) is 9.90 Å². The maximum absolute atomic E-state index is 13.2. The Morgan fingerprint density at radius 2 is 1.61 bits per heavy atom. The number of carbonyl (C=O) groups is 1. The molecule has 33 heavy (non-hydrogen) atoms. The predicted octanol–water partition coefficient (Wildman–Crippen LogP) is 7.59. The van der Waals surface area contributed by atoms with Crippen molar-refractivity contribution in [2.45, 2.75) is 119 Å². The van der Waals surface area contributed by atoms with Crippen LogP contribution in [0, 0.1) is 56.7 Å². The summed E-state index contributed by atoms with van der Waals surface area (Å²) in [5.74, 6) is 3.45. The van der Waals surface area contributed by atoms with Crippen LogP contribution in [0.3, 0.4) is 0 Å². The molecule has 0 heterocycles. The first-order valence-corrected chi connectivity index (χ1v) is 14.2. The molecule has 0 saturated heterocycles. The molecule has 0 radical (unpaired) electrons. The van der Waals surface area contributed by atoms with Crippen molar-refractivity contribution in [3.05, 3.63) is 11.6 Å². The van der Waals surface area contributed by atoms with Crippen LogP contribution in [-0.4, -0.2) is 17.0 Å². The molecule has 10 atom stereocenters. The molecule has 0 aliphatic heterocycles. The summed E-state index contributed by atoms with van der Waals surface area (Å²) in [6, 6.07) is 0. The molecule has 0 aromatic heterocycles. The highest BCUT2D eigenvalue weighted by atomic mass is 16.3. The van der Waals surface area contributed by atoms with Gasteiger partial charge < -0.3 is 5.11 Å². The summed E-state index contributed by atoms with van der Waals surface area (Å²) in [7, 11) is 0. The van der Waals surface area contributed by atoms with Gasteiger partial charge in [-0.15, -0.1) is 0 Å². The van der Waals surface area contributed by atoms with Gasteiger partial charge in [0.05, 0.1) is 6.10 Å².